The van der Waals surface area contributed by atoms with E-state index >= 15 is 0 Å². The van der Waals surface area contributed by atoms with Crippen LogP contribution in [0.5, 0.6) is 11.5 Å². The number of methoxy groups -OCH3 is 1. The van der Waals surface area contributed by atoms with Gasteiger partial charge in [-0.3, -0.25) is 9.10 Å². The first-order valence-electron chi connectivity index (χ1n) is 11.7. The van der Waals surface area contributed by atoms with Gasteiger partial charge >= 0.3 is 0 Å². The van der Waals surface area contributed by atoms with Crippen molar-refractivity contribution in [3.05, 3.63) is 94.0 Å². The number of benzene rings is 3. The van der Waals surface area contributed by atoms with Gasteiger partial charge in [0.15, 0.2) is 11.5 Å². The third-order valence-electron chi connectivity index (χ3n) is 5.67. The lowest BCUT2D eigenvalue weighted by Gasteiger charge is -2.24. The number of nitrogens with zero attached hydrogens (tertiary/aromatic N) is 2. The van der Waals surface area contributed by atoms with Gasteiger partial charge in [-0.25, -0.2) is 13.8 Å². The van der Waals surface area contributed by atoms with Crippen molar-refractivity contribution in [3.8, 4) is 11.5 Å². The number of nitrogens with one attached hydrogen (secondary N) is 1. The zero-order chi connectivity index (χ0) is 27.9. The largest absolute Gasteiger partial charge is 0.493 e. The summed E-state index contributed by atoms with van der Waals surface area (Å²) >= 11 is 3.45. The summed E-state index contributed by atoms with van der Waals surface area (Å²) in [5.74, 6) is 0.380. The fraction of sp³-hybridized carbons (Fsp3) is 0.214. The van der Waals surface area contributed by atoms with Gasteiger partial charge in [0.2, 0.25) is 0 Å². The topological polar surface area (TPSA) is 97.3 Å². The van der Waals surface area contributed by atoms with Gasteiger partial charge < -0.3 is 9.47 Å². The lowest BCUT2D eigenvalue weighted by atomic mass is 10.1. The van der Waals surface area contributed by atoms with Gasteiger partial charge in [-0.1, -0.05) is 36.4 Å². The average molecular weight is 601 g/mol. The molecule has 3 aromatic rings. The van der Waals surface area contributed by atoms with Gasteiger partial charge in [0.25, 0.3) is 15.9 Å². The SMILES string of the molecule is C=CCOc1c(Br)cc(/C=N\NC(=O)CN(c2ccc(C)c(C)c2)S(=O)(=O)c2ccc(C)cc2)cc1OC. The third kappa shape index (κ3) is 7.02. The number of ether oxygens (including phenoxy) is 2. The van der Waals surface area contributed by atoms with E-state index in [-0.39, 0.29) is 4.90 Å². The number of halogens is 1. The minimum atomic E-state index is -4.02. The van der Waals surface area contributed by atoms with Crippen LogP contribution in [0.3, 0.4) is 0 Å². The summed E-state index contributed by atoms with van der Waals surface area (Å²) in [4.78, 5) is 13.0. The van der Waals surface area contributed by atoms with E-state index < -0.39 is 22.5 Å². The van der Waals surface area contributed by atoms with Crippen molar-refractivity contribution in [1.29, 1.82) is 0 Å². The number of anilines is 1. The van der Waals surface area contributed by atoms with Gasteiger partial charge in [0.05, 0.1) is 28.4 Å². The molecule has 0 atom stereocenters. The minimum absolute atomic E-state index is 0.0911. The predicted octanol–water partition coefficient (Wildman–Crippen LogP) is 5.29. The van der Waals surface area contributed by atoms with E-state index in [0.29, 0.717) is 33.8 Å². The number of carbonyl (C=O) groups is 1. The molecule has 0 aromatic heterocycles. The number of rotatable bonds is 11. The summed E-state index contributed by atoms with van der Waals surface area (Å²) in [5, 5.41) is 4.02. The smallest absolute Gasteiger partial charge is 0.264 e. The molecular weight excluding hydrogens is 570 g/mol. The number of hydrazone groups is 1. The molecule has 0 spiro atoms. The van der Waals surface area contributed by atoms with E-state index in [4.69, 9.17) is 9.47 Å². The summed E-state index contributed by atoms with van der Waals surface area (Å²) in [7, 11) is -2.51. The third-order valence-corrected chi connectivity index (χ3v) is 8.05. The Morgan fingerprint density at radius 1 is 1.08 bits per heavy atom. The Labute approximate surface area is 232 Å². The standard InChI is InChI=1S/C28H30BrN3O5S/c1-6-13-37-28-25(29)15-22(16-26(28)36-5)17-30-31-27(33)18-32(23-10-9-20(3)21(4)14-23)38(34,35)24-11-7-19(2)8-12-24/h6-12,14-17H,1,13,18H2,2-5H3,(H,31,33)/b30-17-. The van der Waals surface area contributed by atoms with Crippen molar-refractivity contribution in [2.45, 2.75) is 25.7 Å². The number of aryl methyl sites for hydroxylation is 3. The van der Waals surface area contributed by atoms with Crippen LogP contribution in [0.2, 0.25) is 0 Å². The second-order valence-corrected chi connectivity index (χ2v) is 11.2. The second-order valence-electron chi connectivity index (χ2n) is 8.52. The molecule has 200 valence electrons. The lowest BCUT2D eigenvalue weighted by molar-refractivity contribution is -0.119. The molecule has 0 fully saturated rings. The molecule has 10 heteroatoms. The van der Waals surface area contributed by atoms with E-state index in [2.05, 4.69) is 33.0 Å². The first-order valence-corrected chi connectivity index (χ1v) is 13.9. The molecule has 0 heterocycles. The Morgan fingerprint density at radius 3 is 2.42 bits per heavy atom. The molecule has 0 unspecified atom stereocenters. The Balaban J connectivity index is 1.84. The number of hydrogen-bond acceptors (Lipinski definition) is 6. The Bertz CT molecular complexity index is 1450. The van der Waals surface area contributed by atoms with Crippen LogP contribution in [0.15, 0.2) is 81.7 Å². The first kappa shape index (κ1) is 28.9. The number of carbonyl (C=O) groups excluding carboxylic acids is 1. The molecule has 38 heavy (non-hydrogen) atoms. The van der Waals surface area contributed by atoms with Crippen molar-refractivity contribution in [2.24, 2.45) is 5.10 Å². The van der Waals surface area contributed by atoms with Gasteiger partial charge in [0.1, 0.15) is 13.2 Å². The van der Waals surface area contributed by atoms with Crippen LogP contribution in [0.25, 0.3) is 0 Å². The van der Waals surface area contributed by atoms with Crippen LogP contribution in [-0.2, 0) is 14.8 Å². The summed E-state index contributed by atoms with van der Waals surface area (Å²) < 4.78 is 39.8. The normalized spacial score (nSPS) is 11.3. The molecule has 3 aromatic carbocycles. The van der Waals surface area contributed by atoms with E-state index in [0.717, 1.165) is 21.0 Å². The molecule has 1 N–H and O–H groups in total. The minimum Gasteiger partial charge on any atom is -0.493 e. The maximum Gasteiger partial charge on any atom is 0.264 e. The van der Waals surface area contributed by atoms with Crippen LogP contribution < -0.4 is 19.2 Å². The quantitative estimate of drug-likeness (QED) is 0.183. The van der Waals surface area contributed by atoms with Crippen LogP contribution in [0.1, 0.15) is 22.3 Å². The van der Waals surface area contributed by atoms with E-state index in [1.165, 1.54) is 25.5 Å². The molecule has 0 aliphatic carbocycles. The number of sulfonamides is 1. The van der Waals surface area contributed by atoms with Crippen LogP contribution >= 0.6 is 15.9 Å². The molecule has 0 radical (unpaired) electrons. The van der Waals surface area contributed by atoms with Crippen molar-refractivity contribution in [3.63, 3.8) is 0 Å². The predicted molar refractivity (Wildman–Crippen MR) is 154 cm³/mol. The highest BCUT2D eigenvalue weighted by molar-refractivity contribution is 9.10. The van der Waals surface area contributed by atoms with E-state index in [9.17, 15) is 13.2 Å². The molecule has 3 rings (SSSR count). The Hall–Kier alpha value is -3.63. The van der Waals surface area contributed by atoms with Crippen molar-refractivity contribution in [2.75, 3.05) is 24.6 Å². The van der Waals surface area contributed by atoms with Crippen molar-refractivity contribution < 1.29 is 22.7 Å². The maximum atomic E-state index is 13.6. The highest BCUT2D eigenvalue weighted by Crippen LogP contribution is 2.36. The van der Waals surface area contributed by atoms with Gasteiger partial charge in [-0.05, 0) is 89.8 Å². The van der Waals surface area contributed by atoms with E-state index in [1.807, 2.05) is 26.8 Å². The van der Waals surface area contributed by atoms with Gasteiger partial charge in [-0.15, -0.1) is 0 Å². The molecule has 0 saturated carbocycles. The monoisotopic (exact) mass is 599 g/mol. The molecule has 0 saturated heterocycles. The summed E-state index contributed by atoms with van der Waals surface area (Å²) in [6.45, 7) is 9.18. The van der Waals surface area contributed by atoms with Crippen LogP contribution in [0.4, 0.5) is 5.69 Å². The fourth-order valence-electron chi connectivity index (χ4n) is 3.47. The first-order chi connectivity index (χ1) is 18.1. The molecule has 0 aliphatic heterocycles. The van der Waals surface area contributed by atoms with Gasteiger partial charge in [0, 0.05) is 0 Å². The zero-order valence-corrected chi connectivity index (χ0v) is 24.1. The van der Waals surface area contributed by atoms with Crippen molar-refractivity contribution >= 4 is 43.8 Å². The molecule has 0 aliphatic rings. The molecule has 0 bridgehead atoms. The molecular formula is C28H30BrN3O5S. The number of amides is 1. The maximum absolute atomic E-state index is 13.6. The summed E-state index contributed by atoms with van der Waals surface area (Å²) in [6.07, 6.45) is 3.05. The number of hydrogen-bond donors (Lipinski definition) is 1. The fourth-order valence-corrected chi connectivity index (χ4v) is 5.46. The molecule has 1 amide bonds. The van der Waals surface area contributed by atoms with Crippen LogP contribution in [0, 0.1) is 20.8 Å². The Kier molecular flexibility index (Phi) is 9.71. The van der Waals surface area contributed by atoms with Gasteiger partial charge in [-0.2, -0.15) is 5.10 Å². The average Bonchev–Trinajstić information content (AvgIpc) is 2.88. The lowest BCUT2D eigenvalue weighted by Crippen LogP contribution is -2.39. The Morgan fingerprint density at radius 2 is 1.79 bits per heavy atom. The summed E-state index contributed by atoms with van der Waals surface area (Å²) in [6, 6.07) is 15.2. The van der Waals surface area contributed by atoms with E-state index in [1.54, 1.807) is 42.5 Å². The summed E-state index contributed by atoms with van der Waals surface area (Å²) in [5.41, 5.74) is 6.28. The van der Waals surface area contributed by atoms with Crippen molar-refractivity contribution in [1.82, 2.24) is 5.43 Å². The highest BCUT2D eigenvalue weighted by atomic mass is 79.9. The second kappa shape index (κ2) is 12.7. The molecule has 8 nitrogen and oxygen atoms in total. The highest BCUT2D eigenvalue weighted by Gasteiger charge is 2.27. The zero-order valence-electron chi connectivity index (χ0n) is 21.7. The van der Waals surface area contributed by atoms with Crippen LogP contribution in [-0.4, -0.2) is 40.8 Å².